The van der Waals surface area contributed by atoms with Crippen molar-refractivity contribution in [2.24, 2.45) is 5.92 Å². The third kappa shape index (κ3) is 3.31. The molecule has 114 valence electrons. The Morgan fingerprint density at radius 1 is 1.18 bits per heavy atom. The Balaban J connectivity index is 2.88. The number of rotatable bonds is 2. The predicted molar refractivity (Wildman–Crippen MR) is 86.2 cm³/mol. The van der Waals surface area contributed by atoms with Crippen molar-refractivity contribution < 1.29 is 4.79 Å². The SMILES string of the molecule is CC(=O)n1c(=O)/c(=C/c2ccccc2)[nH]c(=O)/c1=C/C(C)C. The molecular formula is C17H18N2O3. The number of H-pyrrole nitrogens is 1. The molecule has 22 heavy (non-hydrogen) atoms. The molecule has 0 bridgehead atoms. The summed E-state index contributed by atoms with van der Waals surface area (Å²) in [5.74, 6) is -0.444. The van der Waals surface area contributed by atoms with Gasteiger partial charge in [-0.25, -0.2) is 4.57 Å². The van der Waals surface area contributed by atoms with Crippen LogP contribution in [0.5, 0.6) is 0 Å². The predicted octanol–water partition coefficient (Wildman–Crippen LogP) is 0.462. The molecule has 0 spiro atoms. The van der Waals surface area contributed by atoms with E-state index >= 15 is 0 Å². The smallest absolute Gasteiger partial charge is 0.281 e. The third-order valence-corrected chi connectivity index (χ3v) is 3.07. The third-order valence-electron chi connectivity index (χ3n) is 3.07. The average molecular weight is 298 g/mol. The van der Waals surface area contributed by atoms with Gasteiger partial charge in [0.25, 0.3) is 11.1 Å². The highest BCUT2D eigenvalue weighted by Gasteiger charge is 2.09. The zero-order chi connectivity index (χ0) is 16.3. The van der Waals surface area contributed by atoms with Crippen LogP contribution < -0.4 is 21.8 Å². The first kappa shape index (κ1) is 15.7. The zero-order valence-corrected chi connectivity index (χ0v) is 12.8. The molecule has 1 aromatic heterocycles. The van der Waals surface area contributed by atoms with E-state index in [2.05, 4.69) is 4.98 Å². The summed E-state index contributed by atoms with van der Waals surface area (Å²) >= 11 is 0. The van der Waals surface area contributed by atoms with Crippen molar-refractivity contribution >= 4 is 18.1 Å². The minimum absolute atomic E-state index is 0.0371. The Bertz CT molecular complexity index is 919. The second kappa shape index (κ2) is 6.39. The van der Waals surface area contributed by atoms with E-state index in [1.54, 1.807) is 12.2 Å². The van der Waals surface area contributed by atoms with Crippen LogP contribution >= 0.6 is 0 Å². The van der Waals surface area contributed by atoms with Gasteiger partial charge >= 0.3 is 0 Å². The van der Waals surface area contributed by atoms with Crippen molar-refractivity contribution in [2.45, 2.75) is 20.8 Å². The van der Waals surface area contributed by atoms with E-state index in [0.29, 0.717) is 0 Å². The Hall–Kier alpha value is -2.69. The van der Waals surface area contributed by atoms with Crippen molar-refractivity contribution in [3.63, 3.8) is 0 Å². The van der Waals surface area contributed by atoms with E-state index in [9.17, 15) is 14.4 Å². The Morgan fingerprint density at radius 2 is 1.82 bits per heavy atom. The van der Waals surface area contributed by atoms with Gasteiger partial charge in [0, 0.05) is 6.92 Å². The highest BCUT2D eigenvalue weighted by atomic mass is 16.2. The molecule has 0 aliphatic heterocycles. The summed E-state index contributed by atoms with van der Waals surface area (Å²) in [5, 5.41) is 0.171. The minimum Gasteiger partial charge on any atom is -0.316 e. The summed E-state index contributed by atoms with van der Waals surface area (Å²) in [6, 6.07) is 9.13. The topological polar surface area (TPSA) is 71.9 Å². The molecule has 1 N–H and O–H groups in total. The number of hydrogen-bond donors (Lipinski definition) is 1. The molecule has 0 aliphatic carbocycles. The van der Waals surface area contributed by atoms with Crippen LogP contribution in [0.2, 0.25) is 0 Å². The lowest BCUT2D eigenvalue weighted by Gasteiger charge is -2.03. The van der Waals surface area contributed by atoms with Gasteiger partial charge < -0.3 is 4.98 Å². The van der Waals surface area contributed by atoms with E-state index < -0.39 is 17.0 Å². The van der Waals surface area contributed by atoms with E-state index in [1.807, 2.05) is 44.2 Å². The molecule has 0 amide bonds. The molecular weight excluding hydrogens is 280 g/mol. The lowest BCUT2D eigenvalue weighted by atomic mass is 10.2. The summed E-state index contributed by atoms with van der Waals surface area (Å²) in [4.78, 5) is 39.1. The van der Waals surface area contributed by atoms with Crippen molar-refractivity contribution in [3.8, 4) is 0 Å². The van der Waals surface area contributed by atoms with E-state index in [-0.39, 0.29) is 16.6 Å². The summed E-state index contributed by atoms with van der Waals surface area (Å²) in [5.41, 5.74) is -0.209. The number of carbonyl (C=O) groups excluding carboxylic acids is 1. The van der Waals surface area contributed by atoms with E-state index in [1.165, 1.54) is 6.92 Å². The normalized spacial score (nSPS) is 12.9. The average Bonchev–Trinajstić information content (AvgIpc) is 2.44. The molecule has 0 saturated carbocycles. The van der Waals surface area contributed by atoms with Crippen LogP contribution in [0.15, 0.2) is 39.9 Å². The fraction of sp³-hybridized carbons (Fsp3) is 0.235. The molecule has 0 unspecified atom stereocenters. The molecule has 2 aromatic rings. The Morgan fingerprint density at radius 3 is 2.36 bits per heavy atom. The lowest BCUT2D eigenvalue weighted by molar-refractivity contribution is 0.0927. The maximum Gasteiger partial charge on any atom is 0.281 e. The molecule has 0 radical (unpaired) electrons. The van der Waals surface area contributed by atoms with Crippen molar-refractivity contribution in [1.29, 1.82) is 0 Å². The Kier molecular flexibility index (Phi) is 4.56. The second-order valence-electron chi connectivity index (χ2n) is 5.38. The number of aromatic amines is 1. The summed E-state index contributed by atoms with van der Waals surface area (Å²) in [6.07, 6.45) is 3.16. The number of benzene rings is 1. The van der Waals surface area contributed by atoms with Gasteiger partial charge in [0.05, 0.1) is 0 Å². The van der Waals surface area contributed by atoms with Gasteiger partial charge in [-0.2, -0.15) is 0 Å². The van der Waals surface area contributed by atoms with Gasteiger partial charge in [0.2, 0.25) is 5.91 Å². The van der Waals surface area contributed by atoms with Gasteiger partial charge in [-0.15, -0.1) is 0 Å². The largest absolute Gasteiger partial charge is 0.316 e. The van der Waals surface area contributed by atoms with Crippen LogP contribution in [-0.2, 0) is 0 Å². The van der Waals surface area contributed by atoms with Crippen LogP contribution in [-0.4, -0.2) is 15.5 Å². The van der Waals surface area contributed by atoms with Crippen LogP contribution in [0.4, 0.5) is 0 Å². The maximum atomic E-state index is 12.5. The maximum absolute atomic E-state index is 12.5. The van der Waals surface area contributed by atoms with Gasteiger partial charge in [0.15, 0.2) is 0 Å². The second-order valence-corrected chi connectivity index (χ2v) is 5.38. The molecule has 2 rings (SSSR count). The van der Waals surface area contributed by atoms with E-state index in [0.717, 1.165) is 10.1 Å². The molecule has 1 aromatic carbocycles. The highest BCUT2D eigenvalue weighted by Crippen LogP contribution is 1.97. The quantitative estimate of drug-likeness (QED) is 0.875. The fourth-order valence-electron chi connectivity index (χ4n) is 2.16. The van der Waals surface area contributed by atoms with Gasteiger partial charge in [-0.05, 0) is 17.6 Å². The van der Waals surface area contributed by atoms with Gasteiger partial charge in [-0.3, -0.25) is 14.4 Å². The van der Waals surface area contributed by atoms with Crippen molar-refractivity contribution in [1.82, 2.24) is 9.55 Å². The zero-order valence-electron chi connectivity index (χ0n) is 12.8. The van der Waals surface area contributed by atoms with Crippen molar-refractivity contribution in [3.05, 3.63) is 67.3 Å². The van der Waals surface area contributed by atoms with Crippen molar-refractivity contribution in [2.75, 3.05) is 0 Å². The molecule has 5 nitrogen and oxygen atoms in total. The monoisotopic (exact) mass is 298 g/mol. The highest BCUT2D eigenvalue weighted by molar-refractivity contribution is 5.76. The lowest BCUT2D eigenvalue weighted by Crippen LogP contribution is -2.55. The van der Waals surface area contributed by atoms with Crippen LogP contribution in [0, 0.1) is 5.92 Å². The number of carbonyl (C=O) groups is 1. The fourth-order valence-corrected chi connectivity index (χ4v) is 2.16. The van der Waals surface area contributed by atoms with E-state index in [4.69, 9.17) is 0 Å². The van der Waals surface area contributed by atoms with Crippen LogP contribution in [0.1, 0.15) is 31.1 Å². The number of aromatic nitrogens is 2. The van der Waals surface area contributed by atoms with Gasteiger partial charge in [-0.1, -0.05) is 50.3 Å². The molecule has 0 saturated heterocycles. The molecule has 1 heterocycles. The molecule has 0 aliphatic rings. The van der Waals surface area contributed by atoms with Gasteiger partial charge in [0.1, 0.15) is 10.7 Å². The first-order valence-corrected chi connectivity index (χ1v) is 7.05. The first-order valence-electron chi connectivity index (χ1n) is 7.05. The first-order chi connectivity index (χ1) is 10.4. The molecule has 0 fully saturated rings. The summed E-state index contributed by atoms with van der Waals surface area (Å²) in [7, 11) is 0. The standard InChI is InChI=1S/C17H18N2O3/c1-11(2)9-15-16(21)18-14(17(22)19(15)12(3)20)10-13-7-5-4-6-8-13/h4-11H,1-3H3,(H,18,21)/b14-10-,15-9-. The van der Waals surface area contributed by atoms with Crippen LogP contribution in [0.3, 0.4) is 0 Å². The number of nitrogens with one attached hydrogen (secondary N) is 1. The Labute approximate surface area is 127 Å². The minimum atomic E-state index is -0.525. The van der Waals surface area contributed by atoms with Crippen LogP contribution in [0.25, 0.3) is 12.2 Å². The molecule has 0 atom stereocenters. The summed E-state index contributed by atoms with van der Waals surface area (Å²) in [6.45, 7) is 5.02. The number of nitrogens with zero attached hydrogens (tertiary/aromatic N) is 1. The summed E-state index contributed by atoms with van der Waals surface area (Å²) < 4.78 is 0.924. The number of hydrogen-bond acceptors (Lipinski definition) is 3. The molecule has 5 heteroatoms.